The monoisotopic (exact) mass is 367 g/mol. The molecule has 0 spiro atoms. The quantitative estimate of drug-likeness (QED) is 0.805. The number of benzene rings is 1. The Morgan fingerprint density at radius 3 is 2.44 bits per heavy atom. The molecule has 1 aliphatic carbocycles. The molecule has 0 saturated carbocycles. The zero-order chi connectivity index (χ0) is 18.8. The third-order valence-electron chi connectivity index (χ3n) is 5.71. The minimum Gasteiger partial charge on any atom is -0.348 e. The fourth-order valence-corrected chi connectivity index (χ4v) is 4.07. The van der Waals surface area contributed by atoms with Crippen molar-refractivity contribution in [1.29, 1.82) is 0 Å². The molecule has 2 heterocycles. The van der Waals surface area contributed by atoms with Crippen LogP contribution >= 0.6 is 0 Å². The van der Waals surface area contributed by atoms with E-state index in [9.17, 15) is 4.79 Å². The smallest absolute Gasteiger partial charge is 0.236 e. The first-order valence-corrected chi connectivity index (χ1v) is 9.92. The molecule has 1 saturated heterocycles. The Balaban J connectivity index is 1.42. The number of likely N-dealkylation sites (N-methyl/N-ethyl adjacent to an activating group) is 1. The summed E-state index contributed by atoms with van der Waals surface area (Å²) in [5.74, 6) is 0.183. The van der Waals surface area contributed by atoms with Crippen molar-refractivity contribution < 1.29 is 4.79 Å². The number of rotatable bonds is 5. The minimum absolute atomic E-state index is 0.183. The van der Waals surface area contributed by atoms with Crippen molar-refractivity contribution in [2.24, 2.45) is 0 Å². The number of amides is 1. The Labute approximate surface area is 161 Å². The van der Waals surface area contributed by atoms with Gasteiger partial charge in [0.05, 0.1) is 17.9 Å². The number of carbonyl (C=O) groups excluding carboxylic acids is 1. The van der Waals surface area contributed by atoms with Gasteiger partial charge in [0, 0.05) is 52.5 Å². The van der Waals surface area contributed by atoms with Gasteiger partial charge in [-0.3, -0.25) is 14.6 Å². The third-order valence-corrected chi connectivity index (χ3v) is 5.71. The van der Waals surface area contributed by atoms with E-state index in [2.05, 4.69) is 44.8 Å². The van der Waals surface area contributed by atoms with E-state index in [0.717, 1.165) is 51.3 Å². The van der Waals surface area contributed by atoms with Crippen molar-refractivity contribution in [3.63, 3.8) is 0 Å². The number of fused-ring (bicyclic) bond motifs is 1. The fraction of sp³-hybridized carbons (Fsp3) is 0.524. The second-order valence-electron chi connectivity index (χ2n) is 7.81. The van der Waals surface area contributed by atoms with E-state index in [1.807, 2.05) is 14.1 Å². The van der Waals surface area contributed by atoms with Crippen molar-refractivity contribution >= 4 is 5.91 Å². The average Bonchev–Trinajstić information content (AvgIpc) is 3.28. The number of carbonyl (C=O) groups is 1. The molecule has 0 radical (unpaired) electrons. The van der Waals surface area contributed by atoms with E-state index < -0.39 is 0 Å². The van der Waals surface area contributed by atoms with E-state index in [4.69, 9.17) is 5.10 Å². The molecule has 6 nitrogen and oxygen atoms in total. The summed E-state index contributed by atoms with van der Waals surface area (Å²) in [4.78, 5) is 18.3. The predicted molar refractivity (Wildman–Crippen MR) is 106 cm³/mol. The molecule has 2 aromatic rings. The second-order valence-corrected chi connectivity index (χ2v) is 7.81. The normalized spacial score (nSPS) is 17.9. The molecule has 1 fully saturated rings. The lowest BCUT2D eigenvalue weighted by Crippen LogP contribution is -2.49. The molecule has 1 aromatic carbocycles. The first kappa shape index (κ1) is 18.2. The first-order valence-electron chi connectivity index (χ1n) is 9.92. The van der Waals surface area contributed by atoms with E-state index in [1.165, 1.54) is 23.4 Å². The maximum atomic E-state index is 11.9. The van der Waals surface area contributed by atoms with Crippen molar-refractivity contribution in [2.75, 3.05) is 46.8 Å². The number of hydrogen-bond donors (Lipinski definition) is 0. The van der Waals surface area contributed by atoms with Crippen LogP contribution in [0.1, 0.15) is 23.4 Å². The largest absolute Gasteiger partial charge is 0.348 e. The topological polar surface area (TPSA) is 44.6 Å². The maximum Gasteiger partial charge on any atom is 0.236 e. The number of aromatic nitrogens is 2. The highest BCUT2D eigenvalue weighted by Gasteiger charge is 2.26. The van der Waals surface area contributed by atoms with Gasteiger partial charge < -0.3 is 4.90 Å². The Hall–Kier alpha value is -2.18. The highest BCUT2D eigenvalue weighted by atomic mass is 16.2. The number of hydrogen-bond acceptors (Lipinski definition) is 4. The Kier molecular flexibility index (Phi) is 5.27. The van der Waals surface area contributed by atoms with Crippen LogP contribution in [0.4, 0.5) is 0 Å². The fourth-order valence-electron chi connectivity index (χ4n) is 4.07. The van der Waals surface area contributed by atoms with Gasteiger partial charge in [-0.1, -0.05) is 18.2 Å². The summed E-state index contributed by atoms with van der Waals surface area (Å²) < 4.78 is 2.16. The van der Waals surface area contributed by atoms with Crippen LogP contribution in [0.15, 0.2) is 30.3 Å². The van der Waals surface area contributed by atoms with E-state index in [1.54, 1.807) is 4.90 Å². The lowest BCUT2D eigenvalue weighted by Gasteiger charge is -2.34. The summed E-state index contributed by atoms with van der Waals surface area (Å²) in [6.45, 7) is 5.32. The Morgan fingerprint density at radius 1 is 1.04 bits per heavy atom. The minimum atomic E-state index is 0.183. The molecule has 27 heavy (non-hydrogen) atoms. The van der Waals surface area contributed by atoms with Crippen LogP contribution in [-0.4, -0.2) is 77.2 Å². The molecule has 1 amide bonds. The number of nitrogens with zero attached hydrogens (tertiary/aromatic N) is 5. The van der Waals surface area contributed by atoms with Crippen LogP contribution in [0.5, 0.6) is 0 Å². The summed E-state index contributed by atoms with van der Waals surface area (Å²) in [5, 5.41) is 4.99. The average molecular weight is 367 g/mol. The standard InChI is InChI=1S/C21H29N5O/c1-23(2)21(27)16-25-13-11-24(12-14-25)15-19-18-9-6-10-20(18)26(22-19)17-7-4-3-5-8-17/h3-5,7-8H,6,9-16H2,1-2H3. The second kappa shape index (κ2) is 7.82. The van der Waals surface area contributed by atoms with E-state index in [0.29, 0.717) is 6.54 Å². The maximum absolute atomic E-state index is 11.9. The number of para-hydroxylation sites is 1. The molecule has 1 aromatic heterocycles. The Morgan fingerprint density at radius 2 is 1.74 bits per heavy atom. The van der Waals surface area contributed by atoms with Gasteiger partial charge in [0.2, 0.25) is 5.91 Å². The molecule has 0 bridgehead atoms. The number of piperazine rings is 1. The zero-order valence-corrected chi connectivity index (χ0v) is 16.4. The third kappa shape index (κ3) is 3.92. The Bertz CT molecular complexity index is 790. The predicted octanol–water partition coefficient (Wildman–Crippen LogP) is 1.57. The molecule has 1 aliphatic heterocycles. The first-order chi connectivity index (χ1) is 13.1. The highest BCUT2D eigenvalue weighted by molar-refractivity contribution is 5.77. The molecule has 0 N–H and O–H groups in total. The van der Waals surface area contributed by atoms with Gasteiger partial charge in [-0.2, -0.15) is 5.10 Å². The van der Waals surface area contributed by atoms with Gasteiger partial charge >= 0.3 is 0 Å². The van der Waals surface area contributed by atoms with Gasteiger partial charge in [-0.05, 0) is 37.0 Å². The molecule has 0 atom stereocenters. The van der Waals surface area contributed by atoms with Crippen LogP contribution in [0.2, 0.25) is 0 Å². The van der Waals surface area contributed by atoms with Crippen LogP contribution in [0.3, 0.4) is 0 Å². The SMILES string of the molecule is CN(C)C(=O)CN1CCN(Cc2nn(-c3ccccc3)c3c2CCC3)CC1. The molecule has 0 unspecified atom stereocenters. The van der Waals surface area contributed by atoms with Crippen LogP contribution in [0, 0.1) is 0 Å². The van der Waals surface area contributed by atoms with E-state index >= 15 is 0 Å². The van der Waals surface area contributed by atoms with Crippen molar-refractivity contribution in [3.8, 4) is 5.69 Å². The highest BCUT2D eigenvalue weighted by Crippen LogP contribution is 2.28. The van der Waals surface area contributed by atoms with Crippen molar-refractivity contribution in [3.05, 3.63) is 47.3 Å². The lowest BCUT2D eigenvalue weighted by molar-refractivity contribution is -0.130. The van der Waals surface area contributed by atoms with Gasteiger partial charge in [-0.15, -0.1) is 0 Å². The van der Waals surface area contributed by atoms with Gasteiger partial charge in [-0.25, -0.2) is 4.68 Å². The molecular formula is C21H29N5O. The summed E-state index contributed by atoms with van der Waals surface area (Å²) >= 11 is 0. The molecule has 2 aliphatic rings. The summed E-state index contributed by atoms with van der Waals surface area (Å²) in [6.07, 6.45) is 3.50. The molecule has 144 valence electrons. The van der Waals surface area contributed by atoms with Crippen molar-refractivity contribution in [1.82, 2.24) is 24.5 Å². The molecule has 6 heteroatoms. The summed E-state index contributed by atoms with van der Waals surface area (Å²) in [7, 11) is 3.64. The molecule has 4 rings (SSSR count). The van der Waals surface area contributed by atoms with Crippen LogP contribution < -0.4 is 0 Å². The van der Waals surface area contributed by atoms with Crippen LogP contribution in [0.25, 0.3) is 5.69 Å². The van der Waals surface area contributed by atoms with Crippen molar-refractivity contribution in [2.45, 2.75) is 25.8 Å². The van der Waals surface area contributed by atoms with E-state index in [-0.39, 0.29) is 5.91 Å². The lowest BCUT2D eigenvalue weighted by atomic mass is 10.2. The summed E-state index contributed by atoms with van der Waals surface area (Å²) in [5.41, 5.74) is 5.26. The van der Waals surface area contributed by atoms with Gasteiger partial charge in [0.1, 0.15) is 0 Å². The van der Waals surface area contributed by atoms with Gasteiger partial charge in [0.25, 0.3) is 0 Å². The van der Waals surface area contributed by atoms with Crippen LogP contribution in [-0.2, 0) is 24.2 Å². The summed E-state index contributed by atoms with van der Waals surface area (Å²) in [6, 6.07) is 10.5. The van der Waals surface area contributed by atoms with Gasteiger partial charge in [0.15, 0.2) is 0 Å². The zero-order valence-electron chi connectivity index (χ0n) is 16.4. The molecular weight excluding hydrogens is 338 g/mol.